The lowest BCUT2D eigenvalue weighted by Crippen LogP contribution is -2.06. The number of nitrogens with one attached hydrogen (secondary N) is 1. The van der Waals surface area contributed by atoms with Gasteiger partial charge in [-0.25, -0.2) is 0 Å². The molecule has 2 aromatic heterocycles. The van der Waals surface area contributed by atoms with Crippen molar-refractivity contribution < 1.29 is 0 Å². The summed E-state index contributed by atoms with van der Waals surface area (Å²) in [7, 11) is 0. The summed E-state index contributed by atoms with van der Waals surface area (Å²) in [5.74, 6) is 0. The normalized spacial score (nSPS) is 10.9. The van der Waals surface area contributed by atoms with E-state index in [4.69, 9.17) is 0 Å². The van der Waals surface area contributed by atoms with Crippen molar-refractivity contribution in [2.45, 2.75) is 0 Å². The fourth-order valence-electron chi connectivity index (χ4n) is 1.79. The summed E-state index contributed by atoms with van der Waals surface area (Å²) in [6, 6.07) is 10.0. The summed E-state index contributed by atoms with van der Waals surface area (Å²) in [4.78, 5) is 16.3. The van der Waals surface area contributed by atoms with Crippen molar-refractivity contribution in [3.63, 3.8) is 0 Å². The van der Waals surface area contributed by atoms with Crippen LogP contribution in [-0.4, -0.2) is 4.98 Å². The number of benzene rings is 1. The molecule has 0 aliphatic rings. The number of hydrogen-bond acceptors (Lipinski definition) is 2. The highest BCUT2D eigenvalue weighted by atomic mass is 127. The Morgan fingerprint density at radius 2 is 2.12 bits per heavy atom. The van der Waals surface area contributed by atoms with Crippen LogP contribution in [0.4, 0.5) is 0 Å². The smallest absolute Gasteiger partial charge is 0.202 e. The summed E-state index contributed by atoms with van der Waals surface area (Å²) in [5, 5.41) is 2.79. The molecular formula is C13H8INOS. The number of thiophene rings is 1. The van der Waals surface area contributed by atoms with E-state index in [1.807, 2.05) is 29.6 Å². The second-order valence-electron chi connectivity index (χ2n) is 3.70. The van der Waals surface area contributed by atoms with Crippen LogP contribution in [0.25, 0.3) is 21.3 Å². The summed E-state index contributed by atoms with van der Waals surface area (Å²) in [6.07, 6.45) is 1.75. The van der Waals surface area contributed by atoms with Gasteiger partial charge in [0.25, 0.3) is 0 Å². The third kappa shape index (κ3) is 1.91. The zero-order valence-corrected chi connectivity index (χ0v) is 11.7. The molecule has 1 aromatic carbocycles. The molecule has 0 bridgehead atoms. The monoisotopic (exact) mass is 353 g/mol. The molecule has 0 aliphatic carbocycles. The van der Waals surface area contributed by atoms with E-state index in [-0.39, 0.29) is 5.43 Å². The molecule has 0 fully saturated rings. The minimum absolute atomic E-state index is 0.0951. The van der Waals surface area contributed by atoms with Gasteiger partial charge in [0.05, 0.1) is 3.57 Å². The van der Waals surface area contributed by atoms with Gasteiger partial charge in [-0.2, -0.15) is 0 Å². The van der Waals surface area contributed by atoms with Gasteiger partial charge in [0, 0.05) is 22.0 Å². The van der Waals surface area contributed by atoms with Crippen LogP contribution in [0.15, 0.2) is 46.7 Å². The molecule has 0 atom stereocenters. The van der Waals surface area contributed by atoms with Gasteiger partial charge in [0.15, 0.2) is 0 Å². The third-order valence-electron chi connectivity index (χ3n) is 2.64. The van der Waals surface area contributed by atoms with Crippen LogP contribution in [0.3, 0.4) is 0 Å². The Morgan fingerprint density at radius 3 is 2.88 bits per heavy atom. The van der Waals surface area contributed by atoms with Crippen LogP contribution >= 0.6 is 33.9 Å². The maximum atomic E-state index is 12.0. The zero-order valence-electron chi connectivity index (χ0n) is 8.74. The summed E-state index contributed by atoms with van der Waals surface area (Å²) >= 11 is 3.74. The molecule has 3 aromatic rings. The second kappa shape index (κ2) is 4.27. The van der Waals surface area contributed by atoms with Crippen molar-refractivity contribution in [3.05, 3.63) is 55.7 Å². The Hall–Kier alpha value is -1.14. The molecule has 0 saturated heterocycles. The van der Waals surface area contributed by atoms with E-state index >= 15 is 0 Å². The first-order valence-corrected chi connectivity index (χ1v) is 7.06. The minimum Gasteiger partial charge on any atom is -0.360 e. The van der Waals surface area contributed by atoms with E-state index in [2.05, 4.69) is 33.6 Å². The molecule has 0 spiro atoms. The van der Waals surface area contributed by atoms with Gasteiger partial charge in [-0.3, -0.25) is 4.79 Å². The van der Waals surface area contributed by atoms with Crippen LogP contribution in [0.5, 0.6) is 0 Å². The number of aromatic nitrogens is 1. The maximum absolute atomic E-state index is 12.0. The Labute approximate surface area is 115 Å². The Balaban J connectivity index is 2.32. The van der Waals surface area contributed by atoms with Gasteiger partial charge in [0.2, 0.25) is 5.43 Å². The molecular weight excluding hydrogens is 345 g/mol. The molecule has 3 rings (SSSR count). The van der Waals surface area contributed by atoms with Crippen molar-refractivity contribution in [2.24, 2.45) is 0 Å². The van der Waals surface area contributed by atoms with Crippen molar-refractivity contribution in [2.75, 3.05) is 0 Å². The highest BCUT2D eigenvalue weighted by molar-refractivity contribution is 14.1. The average Bonchev–Trinajstić information content (AvgIpc) is 2.87. The summed E-state index contributed by atoms with van der Waals surface area (Å²) < 4.78 is 0.721. The highest BCUT2D eigenvalue weighted by Crippen LogP contribution is 2.26. The van der Waals surface area contributed by atoms with E-state index in [0.717, 1.165) is 20.0 Å². The number of hydrogen-bond donors (Lipinski definition) is 1. The third-order valence-corrected chi connectivity index (χ3v) is 4.36. The standard InChI is InChI=1S/C13H8INOS/c14-10-7-15-11-4-3-8(6-9(11)13(10)16)12-2-1-5-17-12/h1-7H,(H,15,16). The first-order chi connectivity index (χ1) is 8.25. The van der Waals surface area contributed by atoms with E-state index < -0.39 is 0 Å². The van der Waals surface area contributed by atoms with Gasteiger partial charge in [0.1, 0.15) is 0 Å². The minimum atomic E-state index is 0.0951. The number of rotatable bonds is 1. The Bertz CT molecular complexity index is 731. The quantitative estimate of drug-likeness (QED) is 0.662. The van der Waals surface area contributed by atoms with E-state index in [1.54, 1.807) is 17.5 Å². The fraction of sp³-hybridized carbons (Fsp3) is 0. The van der Waals surface area contributed by atoms with Crippen LogP contribution in [0.1, 0.15) is 0 Å². The number of H-pyrrole nitrogens is 1. The van der Waals surface area contributed by atoms with Crippen LogP contribution < -0.4 is 5.43 Å². The Morgan fingerprint density at radius 1 is 1.24 bits per heavy atom. The fourth-order valence-corrected chi connectivity index (χ4v) is 2.96. The number of fused-ring (bicyclic) bond motifs is 1. The predicted octanol–water partition coefficient (Wildman–Crippen LogP) is 3.86. The molecule has 0 unspecified atom stereocenters. The van der Waals surface area contributed by atoms with E-state index in [1.165, 1.54) is 4.88 Å². The molecule has 0 amide bonds. The van der Waals surface area contributed by atoms with Crippen molar-refractivity contribution >= 4 is 44.8 Å². The molecule has 2 nitrogen and oxygen atoms in total. The zero-order chi connectivity index (χ0) is 11.8. The predicted molar refractivity (Wildman–Crippen MR) is 80.6 cm³/mol. The molecule has 1 N–H and O–H groups in total. The molecule has 84 valence electrons. The first-order valence-electron chi connectivity index (χ1n) is 5.10. The maximum Gasteiger partial charge on any atom is 0.202 e. The van der Waals surface area contributed by atoms with Gasteiger partial charge >= 0.3 is 0 Å². The SMILES string of the molecule is O=c1c(I)c[nH]c2ccc(-c3cccs3)cc12. The molecule has 17 heavy (non-hydrogen) atoms. The van der Waals surface area contributed by atoms with Gasteiger partial charge in [-0.1, -0.05) is 12.1 Å². The lowest BCUT2D eigenvalue weighted by molar-refractivity contribution is 1.36. The summed E-state index contributed by atoms with van der Waals surface area (Å²) in [5.41, 5.74) is 2.08. The highest BCUT2D eigenvalue weighted by Gasteiger charge is 2.05. The van der Waals surface area contributed by atoms with Gasteiger partial charge < -0.3 is 4.98 Å². The average molecular weight is 353 g/mol. The molecule has 0 aliphatic heterocycles. The van der Waals surface area contributed by atoms with E-state index in [9.17, 15) is 4.79 Å². The number of halogens is 1. The van der Waals surface area contributed by atoms with Crippen molar-refractivity contribution in [1.82, 2.24) is 4.98 Å². The lowest BCUT2D eigenvalue weighted by atomic mass is 10.1. The second-order valence-corrected chi connectivity index (χ2v) is 5.81. The van der Waals surface area contributed by atoms with Crippen LogP contribution in [-0.2, 0) is 0 Å². The molecule has 4 heteroatoms. The van der Waals surface area contributed by atoms with Gasteiger partial charge in [-0.15, -0.1) is 11.3 Å². The Kier molecular flexibility index (Phi) is 2.76. The largest absolute Gasteiger partial charge is 0.360 e. The van der Waals surface area contributed by atoms with Crippen molar-refractivity contribution in [1.29, 1.82) is 0 Å². The number of aromatic amines is 1. The lowest BCUT2D eigenvalue weighted by Gasteiger charge is -2.02. The number of pyridine rings is 1. The van der Waals surface area contributed by atoms with E-state index in [0.29, 0.717) is 0 Å². The molecule has 2 heterocycles. The van der Waals surface area contributed by atoms with Gasteiger partial charge in [-0.05, 0) is 51.7 Å². The molecule has 0 radical (unpaired) electrons. The summed E-state index contributed by atoms with van der Waals surface area (Å²) in [6.45, 7) is 0. The first kappa shape index (κ1) is 11.0. The van der Waals surface area contributed by atoms with Crippen LogP contribution in [0, 0.1) is 3.57 Å². The molecule has 0 saturated carbocycles. The van der Waals surface area contributed by atoms with Crippen LogP contribution in [0.2, 0.25) is 0 Å². The topological polar surface area (TPSA) is 32.9 Å². The van der Waals surface area contributed by atoms with Crippen molar-refractivity contribution in [3.8, 4) is 10.4 Å².